The Morgan fingerprint density at radius 2 is 1.85 bits per heavy atom. The molecule has 170 valence electrons. The molecule has 3 heterocycles. The van der Waals surface area contributed by atoms with Gasteiger partial charge < -0.3 is 19.3 Å². The molecular formula is C25H25N3O4S. The molecule has 0 saturated carbocycles. The molecule has 2 aliphatic heterocycles. The Kier molecular flexibility index (Phi) is 6.11. The molecule has 0 N–H and O–H groups in total. The Morgan fingerprint density at radius 1 is 1.09 bits per heavy atom. The third kappa shape index (κ3) is 4.62. The Balaban J connectivity index is 1.34. The standard InChI is InChI=1S/C25H25N3O4S/c1-17-6-8-18(9-7-17)24-26-19(16-33-24)14-23(29)28-15-22(25(30)27-10-12-31-13-11-27)32-21-5-3-2-4-20(21)28/h2-9,16,22H,10-15H2,1H3. The van der Waals surface area contributed by atoms with Gasteiger partial charge in [-0.3, -0.25) is 9.59 Å². The molecule has 1 saturated heterocycles. The van der Waals surface area contributed by atoms with Gasteiger partial charge in [-0.2, -0.15) is 0 Å². The van der Waals surface area contributed by atoms with E-state index in [-0.39, 0.29) is 24.8 Å². The van der Waals surface area contributed by atoms with Gasteiger partial charge in [0.25, 0.3) is 5.91 Å². The Morgan fingerprint density at radius 3 is 2.64 bits per heavy atom. The van der Waals surface area contributed by atoms with Gasteiger partial charge in [0.15, 0.2) is 6.10 Å². The zero-order valence-corrected chi connectivity index (χ0v) is 19.2. The number of carbonyl (C=O) groups excluding carboxylic acids is 2. The van der Waals surface area contributed by atoms with Crippen LogP contribution in [0.15, 0.2) is 53.9 Å². The highest BCUT2D eigenvalue weighted by Crippen LogP contribution is 2.34. The highest BCUT2D eigenvalue weighted by Gasteiger charge is 2.36. The number of morpholine rings is 1. The van der Waals surface area contributed by atoms with Crippen molar-refractivity contribution in [2.75, 3.05) is 37.7 Å². The molecule has 1 atom stereocenters. The Labute approximate surface area is 196 Å². The van der Waals surface area contributed by atoms with Gasteiger partial charge in [-0.05, 0) is 19.1 Å². The molecule has 0 bridgehead atoms. The van der Waals surface area contributed by atoms with Gasteiger partial charge in [0.2, 0.25) is 5.91 Å². The van der Waals surface area contributed by atoms with Crippen molar-refractivity contribution < 1.29 is 19.1 Å². The fraction of sp³-hybridized carbons (Fsp3) is 0.320. The molecule has 0 radical (unpaired) electrons. The van der Waals surface area contributed by atoms with Crippen LogP contribution in [-0.2, 0) is 20.7 Å². The summed E-state index contributed by atoms with van der Waals surface area (Å²) >= 11 is 1.53. The lowest BCUT2D eigenvalue weighted by atomic mass is 10.1. The fourth-order valence-electron chi connectivity index (χ4n) is 4.05. The molecule has 33 heavy (non-hydrogen) atoms. The van der Waals surface area contributed by atoms with Gasteiger partial charge in [0.05, 0.1) is 37.6 Å². The van der Waals surface area contributed by atoms with Crippen molar-refractivity contribution >= 4 is 28.8 Å². The van der Waals surface area contributed by atoms with Crippen LogP contribution in [0.2, 0.25) is 0 Å². The lowest BCUT2D eigenvalue weighted by Crippen LogP contribution is -2.54. The van der Waals surface area contributed by atoms with Crippen LogP contribution in [0.1, 0.15) is 11.3 Å². The second-order valence-corrected chi connectivity index (χ2v) is 9.06. The minimum Gasteiger partial charge on any atom is -0.476 e. The third-order valence-electron chi connectivity index (χ3n) is 5.86. The summed E-state index contributed by atoms with van der Waals surface area (Å²) in [6.07, 6.45) is -0.574. The molecule has 5 rings (SSSR count). The number of hydrogen-bond donors (Lipinski definition) is 0. The van der Waals surface area contributed by atoms with Gasteiger partial charge in [-0.15, -0.1) is 11.3 Å². The first-order chi connectivity index (χ1) is 16.1. The number of anilines is 1. The van der Waals surface area contributed by atoms with E-state index in [1.807, 2.05) is 42.6 Å². The van der Waals surface area contributed by atoms with Crippen molar-refractivity contribution in [3.63, 3.8) is 0 Å². The van der Waals surface area contributed by atoms with E-state index in [0.29, 0.717) is 37.7 Å². The summed E-state index contributed by atoms with van der Waals surface area (Å²) in [5, 5.41) is 2.82. The summed E-state index contributed by atoms with van der Waals surface area (Å²) in [4.78, 5) is 34.5. The zero-order valence-electron chi connectivity index (χ0n) is 18.4. The van der Waals surface area contributed by atoms with Crippen LogP contribution in [0.5, 0.6) is 5.75 Å². The molecule has 2 amide bonds. The predicted octanol–water partition coefficient (Wildman–Crippen LogP) is 3.31. The average Bonchev–Trinajstić information content (AvgIpc) is 3.32. The summed E-state index contributed by atoms with van der Waals surface area (Å²) in [6, 6.07) is 15.5. The molecule has 1 aromatic heterocycles. The van der Waals surface area contributed by atoms with E-state index in [9.17, 15) is 9.59 Å². The second kappa shape index (κ2) is 9.33. The van der Waals surface area contributed by atoms with Crippen LogP contribution in [0.25, 0.3) is 10.6 Å². The topological polar surface area (TPSA) is 72.0 Å². The van der Waals surface area contributed by atoms with E-state index >= 15 is 0 Å². The highest BCUT2D eigenvalue weighted by atomic mass is 32.1. The smallest absolute Gasteiger partial charge is 0.265 e. The first kappa shape index (κ1) is 21.6. The van der Waals surface area contributed by atoms with Crippen molar-refractivity contribution in [3.8, 4) is 16.3 Å². The SMILES string of the molecule is Cc1ccc(-c2nc(CC(=O)N3CC(C(=O)N4CCOCC4)Oc4ccccc43)cs2)cc1. The zero-order chi connectivity index (χ0) is 22.8. The predicted molar refractivity (Wildman–Crippen MR) is 127 cm³/mol. The molecule has 8 heteroatoms. The van der Waals surface area contributed by atoms with E-state index in [1.54, 1.807) is 15.9 Å². The maximum absolute atomic E-state index is 13.4. The lowest BCUT2D eigenvalue weighted by molar-refractivity contribution is -0.142. The summed E-state index contributed by atoms with van der Waals surface area (Å²) in [5.74, 6) is 0.328. The van der Waals surface area contributed by atoms with Crippen molar-refractivity contribution in [3.05, 3.63) is 65.2 Å². The molecule has 1 fully saturated rings. The Hall–Kier alpha value is -3.23. The fourth-order valence-corrected chi connectivity index (χ4v) is 4.88. The maximum Gasteiger partial charge on any atom is 0.265 e. The largest absolute Gasteiger partial charge is 0.476 e. The molecule has 2 aliphatic rings. The van der Waals surface area contributed by atoms with Crippen LogP contribution < -0.4 is 9.64 Å². The minimum absolute atomic E-state index is 0.105. The first-order valence-electron chi connectivity index (χ1n) is 11.0. The molecular weight excluding hydrogens is 438 g/mol. The molecule has 7 nitrogen and oxygen atoms in total. The van der Waals surface area contributed by atoms with Crippen LogP contribution in [0.3, 0.4) is 0 Å². The maximum atomic E-state index is 13.4. The van der Waals surface area contributed by atoms with Gasteiger partial charge in [0, 0.05) is 24.0 Å². The van der Waals surface area contributed by atoms with Crippen molar-refractivity contribution in [2.24, 2.45) is 0 Å². The van der Waals surface area contributed by atoms with Gasteiger partial charge in [0.1, 0.15) is 10.8 Å². The number of thiazole rings is 1. The molecule has 3 aromatic rings. The molecule has 2 aromatic carbocycles. The van der Waals surface area contributed by atoms with Crippen molar-refractivity contribution in [1.29, 1.82) is 0 Å². The van der Waals surface area contributed by atoms with E-state index in [1.165, 1.54) is 16.9 Å². The molecule has 0 aliphatic carbocycles. The Bertz CT molecular complexity index is 1150. The van der Waals surface area contributed by atoms with Crippen LogP contribution in [0.4, 0.5) is 5.69 Å². The lowest BCUT2D eigenvalue weighted by Gasteiger charge is -2.37. The van der Waals surface area contributed by atoms with E-state index in [0.717, 1.165) is 16.3 Å². The number of fused-ring (bicyclic) bond motifs is 1. The number of benzene rings is 2. The van der Waals surface area contributed by atoms with Crippen LogP contribution in [-0.4, -0.2) is 60.7 Å². The number of aromatic nitrogens is 1. The van der Waals surface area contributed by atoms with Crippen molar-refractivity contribution in [2.45, 2.75) is 19.4 Å². The second-order valence-electron chi connectivity index (χ2n) is 8.20. The summed E-state index contributed by atoms with van der Waals surface area (Å²) in [5.41, 5.74) is 3.64. The number of amides is 2. The summed E-state index contributed by atoms with van der Waals surface area (Å²) < 4.78 is 11.4. The summed E-state index contributed by atoms with van der Waals surface area (Å²) in [7, 11) is 0. The normalized spacial score (nSPS) is 17.9. The van der Waals surface area contributed by atoms with E-state index in [2.05, 4.69) is 17.1 Å². The van der Waals surface area contributed by atoms with Gasteiger partial charge >= 0.3 is 0 Å². The number of para-hydroxylation sites is 2. The number of nitrogens with zero attached hydrogens (tertiary/aromatic N) is 3. The highest BCUT2D eigenvalue weighted by molar-refractivity contribution is 7.13. The molecule has 0 spiro atoms. The monoisotopic (exact) mass is 463 g/mol. The van der Waals surface area contributed by atoms with Crippen molar-refractivity contribution in [1.82, 2.24) is 9.88 Å². The number of ether oxygens (including phenoxy) is 2. The number of aryl methyl sites for hydroxylation is 1. The van der Waals surface area contributed by atoms with Gasteiger partial charge in [-0.1, -0.05) is 42.0 Å². The van der Waals surface area contributed by atoms with Crippen LogP contribution in [0, 0.1) is 6.92 Å². The first-order valence-corrected chi connectivity index (χ1v) is 11.9. The quantitative estimate of drug-likeness (QED) is 0.594. The van der Waals surface area contributed by atoms with E-state index in [4.69, 9.17) is 9.47 Å². The minimum atomic E-state index is -0.736. The van der Waals surface area contributed by atoms with Crippen LogP contribution >= 0.6 is 11.3 Å². The average molecular weight is 464 g/mol. The third-order valence-corrected chi connectivity index (χ3v) is 6.80. The number of rotatable bonds is 4. The number of hydrogen-bond acceptors (Lipinski definition) is 6. The van der Waals surface area contributed by atoms with E-state index < -0.39 is 6.10 Å². The molecule has 1 unspecified atom stereocenters. The number of carbonyl (C=O) groups is 2. The summed E-state index contributed by atoms with van der Waals surface area (Å²) in [6.45, 7) is 4.34. The van der Waals surface area contributed by atoms with Gasteiger partial charge in [-0.25, -0.2) is 4.98 Å².